The summed E-state index contributed by atoms with van der Waals surface area (Å²) in [4.78, 5) is 10.5. The van der Waals surface area contributed by atoms with Crippen LogP contribution in [0.25, 0.3) is 0 Å². The Hall–Kier alpha value is -0.590. The molecule has 0 bridgehead atoms. The van der Waals surface area contributed by atoms with Crippen molar-refractivity contribution >= 4 is 5.78 Å². The Bertz CT molecular complexity index is 126. The van der Waals surface area contributed by atoms with Gasteiger partial charge in [-0.15, -0.1) is 6.58 Å². The number of allylic oxidation sites excluding steroid dienone is 1. The molecule has 0 N–H and O–H groups in total. The van der Waals surface area contributed by atoms with E-state index in [0.29, 0.717) is 17.6 Å². The first-order valence-electron chi connectivity index (χ1n) is 2.88. The molecular formula is C7H10O. The second-order valence-electron chi connectivity index (χ2n) is 2.35. The van der Waals surface area contributed by atoms with Crippen LogP contribution in [0.2, 0.25) is 0 Å². The van der Waals surface area contributed by atoms with Crippen molar-refractivity contribution in [2.75, 3.05) is 0 Å². The molecular weight excluding hydrogens is 100 g/mol. The molecule has 1 rings (SSSR count). The number of rotatable bonds is 2. The summed E-state index contributed by atoms with van der Waals surface area (Å²) in [6, 6.07) is 0. The van der Waals surface area contributed by atoms with E-state index in [0.717, 1.165) is 6.42 Å². The van der Waals surface area contributed by atoms with Gasteiger partial charge in [0.05, 0.1) is 0 Å². The molecule has 1 heteroatoms. The van der Waals surface area contributed by atoms with E-state index in [-0.39, 0.29) is 0 Å². The number of hydrogen-bond donors (Lipinski definition) is 0. The zero-order chi connectivity index (χ0) is 6.15. The van der Waals surface area contributed by atoms with Crippen molar-refractivity contribution in [2.45, 2.75) is 13.3 Å². The third-order valence-corrected chi connectivity index (χ3v) is 1.66. The predicted octanol–water partition coefficient (Wildman–Crippen LogP) is 1.40. The van der Waals surface area contributed by atoms with Crippen LogP contribution in [0.15, 0.2) is 12.7 Å². The van der Waals surface area contributed by atoms with Crippen LogP contribution in [-0.4, -0.2) is 5.78 Å². The van der Waals surface area contributed by atoms with Crippen LogP contribution in [-0.2, 0) is 4.79 Å². The van der Waals surface area contributed by atoms with E-state index in [2.05, 4.69) is 6.58 Å². The Kier molecular flexibility index (Phi) is 1.20. The monoisotopic (exact) mass is 110 g/mol. The van der Waals surface area contributed by atoms with Gasteiger partial charge >= 0.3 is 0 Å². The van der Waals surface area contributed by atoms with Gasteiger partial charge in [-0.2, -0.15) is 0 Å². The Morgan fingerprint density at radius 2 is 2.50 bits per heavy atom. The van der Waals surface area contributed by atoms with Crippen molar-refractivity contribution in [1.82, 2.24) is 0 Å². The van der Waals surface area contributed by atoms with Crippen LogP contribution < -0.4 is 0 Å². The van der Waals surface area contributed by atoms with Crippen LogP contribution in [0, 0.1) is 11.8 Å². The summed E-state index contributed by atoms with van der Waals surface area (Å²) in [6.45, 7) is 5.25. The molecule has 0 aromatic carbocycles. The van der Waals surface area contributed by atoms with Crippen molar-refractivity contribution < 1.29 is 4.79 Å². The molecule has 2 atom stereocenters. The second-order valence-corrected chi connectivity index (χ2v) is 2.35. The number of ketones is 1. The molecule has 1 unspecified atom stereocenters. The molecule has 0 saturated heterocycles. The first kappa shape index (κ1) is 5.54. The molecule has 1 aliphatic rings. The molecule has 0 aromatic heterocycles. The van der Waals surface area contributed by atoms with Gasteiger partial charge in [-0.05, 0) is 19.3 Å². The average molecular weight is 110 g/mol. The lowest BCUT2D eigenvalue weighted by atomic mass is 10.2. The maximum Gasteiger partial charge on any atom is 0.133 e. The Labute approximate surface area is 49.4 Å². The zero-order valence-electron chi connectivity index (χ0n) is 5.05. The SMILES string of the molecule is C=CC1C[C@@H]1C(C)=O. The van der Waals surface area contributed by atoms with E-state index >= 15 is 0 Å². The molecule has 1 nitrogen and oxygen atoms in total. The highest BCUT2D eigenvalue weighted by Gasteiger charge is 2.37. The van der Waals surface area contributed by atoms with Crippen LogP contribution in [0.4, 0.5) is 0 Å². The fourth-order valence-electron chi connectivity index (χ4n) is 0.943. The summed E-state index contributed by atoms with van der Waals surface area (Å²) in [6.07, 6.45) is 2.91. The van der Waals surface area contributed by atoms with E-state index in [1.54, 1.807) is 6.92 Å². The first-order valence-corrected chi connectivity index (χ1v) is 2.88. The topological polar surface area (TPSA) is 17.1 Å². The largest absolute Gasteiger partial charge is 0.300 e. The lowest BCUT2D eigenvalue weighted by Crippen LogP contribution is -1.92. The maximum absolute atomic E-state index is 10.5. The maximum atomic E-state index is 10.5. The van der Waals surface area contributed by atoms with Crippen molar-refractivity contribution in [3.63, 3.8) is 0 Å². The normalized spacial score (nSPS) is 34.1. The molecule has 0 spiro atoms. The first-order chi connectivity index (χ1) is 3.75. The molecule has 0 aliphatic heterocycles. The molecule has 8 heavy (non-hydrogen) atoms. The number of hydrogen-bond acceptors (Lipinski definition) is 1. The van der Waals surface area contributed by atoms with Gasteiger partial charge in [0.2, 0.25) is 0 Å². The van der Waals surface area contributed by atoms with Gasteiger partial charge in [-0.25, -0.2) is 0 Å². The highest BCUT2D eigenvalue weighted by Crippen LogP contribution is 2.39. The minimum atomic E-state index is 0.315. The Morgan fingerprint density at radius 3 is 2.62 bits per heavy atom. The quantitative estimate of drug-likeness (QED) is 0.491. The van der Waals surface area contributed by atoms with Gasteiger partial charge < -0.3 is 0 Å². The number of carbonyl (C=O) groups is 1. The van der Waals surface area contributed by atoms with E-state index in [1.165, 1.54) is 0 Å². The van der Waals surface area contributed by atoms with Crippen LogP contribution in [0.5, 0.6) is 0 Å². The Morgan fingerprint density at radius 1 is 1.88 bits per heavy atom. The van der Waals surface area contributed by atoms with Crippen LogP contribution in [0.1, 0.15) is 13.3 Å². The van der Waals surface area contributed by atoms with Crippen molar-refractivity contribution in [1.29, 1.82) is 0 Å². The summed E-state index contributed by atoms with van der Waals surface area (Å²) in [5.74, 6) is 1.15. The van der Waals surface area contributed by atoms with E-state index in [4.69, 9.17) is 0 Å². The van der Waals surface area contributed by atoms with Gasteiger partial charge in [0.15, 0.2) is 0 Å². The number of carbonyl (C=O) groups excluding carboxylic acids is 1. The van der Waals surface area contributed by atoms with Gasteiger partial charge in [0.1, 0.15) is 5.78 Å². The molecule has 1 saturated carbocycles. The van der Waals surface area contributed by atoms with Gasteiger partial charge in [-0.1, -0.05) is 6.08 Å². The second kappa shape index (κ2) is 1.73. The molecule has 0 radical (unpaired) electrons. The van der Waals surface area contributed by atoms with Crippen LogP contribution >= 0.6 is 0 Å². The van der Waals surface area contributed by atoms with E-state index in [9.17, 15) is 4.79 Å². The van der Waals surface area contributed by atoms with Gasteiger partial charge in [0, 0.05) is 5.92 Å². The minimum absolute atomic E-state index is 0.315. The summed E-state index contributed by atoms with van der Waals surface area (Å²) in [5, 5.41) is 0. The number of Topliss-reactive ketones (excluding diaryl/α,β-unsaturated/α-hetero) is 1. The average Bonchev–Trinajstić information content (AvgIpc) is 2.42. The molecule has 0 heterocycles. The van der Waals surface area contributed by atoms with Crippen LogP contribution in [0.3, 0.4) is 0 Å². The highest BCUT2D eigenvalue weighted by molar-refractivity contribution is 5.81. The third kappa shape index (κ3) is 0.808. The smallest absolute Gasteiger partial charge is 0.133 e. The standard InChI is InChI=1S/C7H10O/c1-3-6-4-7(6)5(2)8/h3,6-7H,1,4H2,2H3/t6?,7-/m1/s1. The predicted molar refractivity (Wildman–Crippen MR) is 32.5 cm³/mol. The van der Waals surface area contributed by atoms with E-state index < -0.39 is 0 Å². The van der Waals surface area contributed by atoms with Gasteiger partial charge in [-0.3, -0.25) is 4.79 Å². The lowest BCUT2D eigenvalue weighted by Gasteiger charge is -1.82. The summed E-state index contributed by atoms with van der Waals surface area (Å²) in [5.41, 5.74) is 0. The third-order valence-electron chi connectivity index (χ3n) is 1.66. The molecule has 0 aromatic rings. The molecule has 1 fully saturated rings. The zero-order valence-corrected chi connectivity index (χ0v) is 5.05. The summed E-state index contributed by atoms with van der Waals surface area (Å²) < 4.78 is 0. The molecule has 0 amide bonds. The van der Waals surface area contributed by atoms with Gasteiger partial charge in [0.25, 0.3) is 0 Å². The Balaban J connectivity index is 2.36. The summed E-state index contributed by atoms with van der Waals surface area (Å²) >= 11 is 0. The van der Waals surface area contributed by atoms with E-state index in [1.807, 2.05) is 6.08 Å². The van der Waals surface area contributed by atoms with Crippen molar-refractivity contribution in [3.8, 4) is 0 Å². The lowest BCUT2D eigenvalue weighted by molar-refractivity contribution is -0.118. The fraction of sp³-hybridized carbons (Fsp3) is 0.571. The van der Waals surface area contributed by atoms with Crippen molar-refractivity contribution in [2.24, 2.45) is 11.8 Å². The van der Waals surface area contributed by atoms with Crippen molar-refractivity contribution in [3.05, 3.63) is 12.7 Å². The summed E-state index contributed by atoms with van der Waals surface area (Å²) in [7, 11) is 0. The molecule has 44 valence electrons. The fourth-order valence-corrected chi connectivity index (χ4v) is 0.943. The molecule has 1 aliphatic carbocycles. The highest BCUT2D eigenvalue weighted by atomic mass is 16.1. The minimum Gasteiger partial charge on any atom is -0.300 e.